The lowest BCUT2D eigenvalue weighted by atomic mass is 10.7. The summed E-state index contributed by atoms with van der Waals surface area (Å²) in [7, 11) is -3.51. The molecule has 4 N–H and O–H groups in total. The molecule has 1 aromatic rings. The minimum atomic E-state index is -3.51. The number of nitrogens with two attached hydrogens (primary N) is 1. The first kappa shape index (κ1) is 13.1. The lowest BCUT2D eigenvalue weighted by molar-refractivity contribution is 0.147. The van der Waals surface area contributed by atoms with Crippen LogP contribution in [0.4, 0.5) is 0 Å². The Morgan fingerprint density at radius 3 is 2.88 bits per heavy atom. The van der Waals surface area contributed by atoms with Crippen molar-refractivity contribution in [2.45, 2.75) is 11.9 Å². The van der Waals surface area contributed by atoms with Crippen molar-refractivity contribution in [2.24, 2.45) is 5.73 Å². The number of H-pyrrole nitrogens is 1. The monoisotopic (exact) mass is 248 g/mol. The highest BCUT2D eigenvalue weighted by Gasteiger charge is 2.15. The third-order valence-corrected chi connectivity index (χ3v) is 3.14. The summed E-state index contributed by atoms with van der Waals surface area (Å²) in [4.78, 5) is 6.46. The van der Waals surface area contributed by atoms with E-state index < -0.39 is 10.0 Å². The first-order valence-electron chi connectivity index (χ1n) is 4.85. The van der Waals surface area contributed by atoms with Crippen molar-refractivity contribution in [3.8, 4) is 0 Å². The number of nitrogens with zero attached hydrogens (tertiary/aromatic N) is 1. The van der Waals surface area contributed by atoms with Gasteiger partial charge in [-0.05, 0) is 6.92 Å². The van der Waals surface area contributed by atoms with Gasteiger partial charge in [0.15, 0.2) is 5.03 Å². The van der Waals surface area contributed by atoms with Gasteiger partial charge in [-0.1, -0.05) is 0 Å². The van der Waals surface area contributed by atoms with E-state index in [-0.39, 0.29) is 11.6 Å². The van der Waals surface area contributed by atoms with Gasteiger partial charge in [0.1, 0.15) is 5.82 Å². The Hall–Kier alpha value is -0.960. The molecule has 92 valence electrons. The van der Waals surface area contributed by atoms with E-state index in [0.717, 1.165) is 0 Å². The molecular weight excluding hydrogens is 232 g/mol. The molecule has 7 nitrogen and oxygen atoms in total. The van der Waals surface area contributed by atoms with Gasteiger partial charge in [0.25, 0.3) is 10.0 Å². The number of hydrogen-bond donors (Lipinski definition) is 3. The molecule has 0 fully saturated rings. The van der Waals surface area contributed by atoms with E-state index in [0.29, 0.717) is 25.6 Å². The molecule has 0 aliphatic rings. The Bertz CT molecular complexity index is 415. The van der Waals surface area contributed by atoms with Crippen molar-refractivity contribution in [3.63, 3.8) is 0 Å². The maximum absolute atomic E-state index is 11.6. The van der Waals surface area contributed by atoms with Crippen molar-refractivity contribution < 1.29 is 13.2 Å². The molecule has 0 aliphatic heterocycles. The summed E-state index contributed by atoms with van der Waals surface area (Å²) in [6.45, 7) is 3.03. The first-order valence-corrected chi connectivity index (χ1v) is 6.33. The predicted octanol–water partition coefficient (Wildman–Crippen LogP) is -1.03. The van der Waals surface area contributed by atoms with Crippen LogP contribution in [-0.4, -0.2) is 44.7 Å². The summed E-state index contributed by atoms with van der Waals surface area (Å²) in [5.74, 6) is 0.555. The van der Waals surface area contributed by atoms with Gasteiger partial charge in [-0.25, -0.2) is 18.1 Å². The zero-order chi connectivity index (χ0) is 12.0. The SMILES string of the molecule is Cc1ncc(S(=O)(=O)NCCOCCN)[nH]1. The summed E-state index contributed by atoms with van der Waals surface area (Å²) in [6, 6.07) is 0. The van der Waals surface area contributed by atoms with Gasteiger partial charge in [-0.3, -0.25) is 0 Å². The second-order valence-corrected chi connectivity index (χ2v) is 4.87. The van der Waals surface area contributed by atoms with Gasteiger partial charge >= 0.3 is 0 Å². The lowest BCUT2D eigenvalue weighted by Crippen LogP contribution is -2.28. The molecule has 0 radical (unpaired) electrons. The largest absolute Gasteiger partial charge is 0.379 e. The van der Waals surface area contributed by atoms with E-state index in [1.807, 2.05) is 0 Å². The zero-order valence-electron chi connectivity index (χ0n) is 9.06. The van der Waals surface area contributed by atoms with Crippen LogP contribution in [0, 0.1) is 6.92 Å². The maximum Gasteiger partial charge on any atom is 0.257 e. The van der Waals surface area contributed by atoms with Gasteiger partial charge < -0.3 is 15.5 Å². The number of nitrogens with one attached hydrogen (secondary N) is 2. The third-order valence-electron chi connectivity index (χ3n) is 1.77. The summed E-state index contributed by atoms with van der Waals surface area (Å²) in [5, 5.41) is 0.0591. The Morgan fingerprint density at radius 2 is 2.31 bits per heavy atom. The van der Waals surface area contributed by atoms with Crippen LogP contribution >= 0.6 is 0 Å². The van der Waals surface area contributed by atoms with Gasteiger partial charge in [0.2, 0.25) is 0 Å². The Kier molecular flexibility index (Phi) is 4.87. The topological polar surface area (TPSA) is 110 Å². The molecule has 0 aromatic carbocycles. The van der Waals surface area contributed by atoms with Crippen molar-refractivity contribution >= 4 is 10.0 Å². The van der Waals surface area contributed by atoms with Crippen molar-refractivity contribution in [1.29, 1.82) is 0 Å². The van der Waals surface area contributed by atoms with Crippen LogP contribution in [0.25, 0.3) is 0 Å². The molecule has 1 heterocycles. The number of ether oxygens (including phenoxy) is 1. The van der Waals surface area contributed by atoms with E-state index in [4.69, 9.17) is 10.5 Å². The molecule has 0 saturated heterocycles. The van der Waals surface area contributed by atoms with Crippen LogP contribution < -0.4 is 10.5 Å². The maximum atomic E-state index is 11.6. The predicted molar refractivity (Wildman–Crippen MR) is 58.4 cm³/mol. The summed E-state index contributed by atoms with van der Waals surface area (Å²) < 4.78 is 30.7. The average Bonchev–Trinajstić information content (AvgIpc) is 2.65. The van der Waals surface area contributed by atoms with E-state index in [1.54, 1.807) is 6.92 Å². The average molecular weight is 248 g/mol. The summed E-state index contributed by atoms with van der Waals surface area (Å²) in [6.07, 6.45) is 1.28. The second kappa shape index (κ2) is 5.94. The minimum absolute atomic E-state index is 0.0591. The number of aromatic nitrogens is 2. The molecule has 0 bridgehead atoms. The second-order valence-electron chi connectivity index (χ2n) is 3.13. The Labute approximate surface area is 94.4 Å². The van der Waals surface area contributed by atoms with Crippen LogP contribution in [0.2, 0.25) is 0 Å². The molecule has 1 rings (SSSR count). The number of sulfonamides is 1. The molecule has 0 atom stereocenters. The van der Waals surface area contributed by atoms with Gasteiger partial charge in [0, 0.05) is 13.1 Å². The van der Waals surface area contributed by atoms with E-state index in [1.165, 1.54) is 6.20 Å². The molecule has 0 spiro atoms. The van der Waals surface area contributed by atoms with Crippen molar-refractivity contribution in [1.82, 2.24) is 14.7 Å². The first-order chi connectivity index (χ1) is 7.56. The van der Waals surface area contributed by atoms with Gasteiger partial charge in [-0.2, -0.15) is 0 Å². The number of rotatable bonds is 7. The zero-order valence-corrected chi connectivity index (χ0v) is 9.88. The van der Waals surface area contributed by atoms with Gasteiger partial charge in [-0.15, -0.1) is 0 Å². The van der Waals surface area contributed by atoms with E-state index in [9.17, 15) is 8.42 Å². The third kappa shape index (κ3) is 3.89. The van der Waals surface area contributed by atoms with Crippen LogP contribution in [0.5, 0.6) is 0 Å². The normalized spacial score (nSPS) is 11.9. The molecular formula is C8H16N4O3S. The fourth-order valence-corrected chi connectivity index (χ4v) is 2.03. The van der Waals surface area contributed by atoms with Crippen LogP contribution in [-0.2, 0) is 14.8 Å². The molecule has 16 heavy (non-hydrogen) atoms. The summed E-state index contributed by atoms with van der Waals surface area (Å²) >= 11 is 0. The Balaban J connectivity index is 2.41. The Morgan fingerprint density at radius 1 is 1.56 bits per heavy atom. The van der Waals surface area contributed by atoms with Crippen LogP contribution in [0.3, 0.4) is 0 Å². The van der Waals surface area contributed by atoms with E-state index >= 15 is 0 Å². The standard InChI is InChI=1S/C8H16N4O3S/c1-7-10-6-8(12-7)16(13,14)11-3-5-15-4-2-9/h6,11H,2-5,9H2,1H3,(H,10,12). The molecule has 0 aliphatic carbocycles. The lowest BCUT2D eigenvalue weighted by Gasteiger charge is -2.04. The smallest absolute Gasteiger partial charge is 0.257 e. The molecule has 0 unspecified atom stereocenters. The quantitative estimate of drug-likeness (QED) is 0.534. The molecule has 1 aromatic heterocycles. The van der Waals surface area contributed by atoms with Crippen molar-refractivity contribution in [3.05, 3.63) is 12.0 Å². The number of imidazole rings is 1. The highest BCUT2D eigenvalue weighted by molar-refractivity contribution is 7.89. The number of hydrogen-bond acceptors (Lipinski definition) is 5. The summed E-state index contributed by atoms with van der Waals surface area (Å²) in [5.41, 5.74) is 5.21. The van der Waals surface area contributed by atoms with Crippen LogP contribution in [0.15, 0.2) is 11.2 Å². The fraction of sp³-hybridized carbons (Fsp3) is 0.625. The number of aryl methyl sites for hydroxylation is 1. The highest BCUT2D eigenvalue weighted by atomic mass is 32.2. The molecule has 0 saturated carbocycles. The van der Waals surface area contributed by atoms with Gasteiger partial charge in [0.05, 0.1) is 19.4 Å². The fourth-order valence-electron chi connectivity index (χ4n) is 1.05. The minimum Gasteiger partial charge on any atom is -0.379 e. The van der Waals surface area contributed by atoms with E-state index in [2.05, 4.69) is 14.7 Å². The molecule has 0 amide bonds. The number of aromatic amines is 1. The highest BCUT2D eigenvalue weighted by Crippen LogP contribution is 2.03. The van der Waals surface area contributed by atoms with Crippen molar-refractivity contribution in [2.75, 3.05) is 26.3 Å². The van der Waals surface area contributed by atoms with Crippen LogP contribution in [0.1, 0.15) is 5.82 Å². The molecule has 8 heteroatoms.